The fraction of sp³-hybridized carbons (Fsp3) is 0.500. The maximum Gasteiger partial charge on any atom is 0.126 e. The normalized spacial score (nSPS) is 19.4. The van der Waals surface area contributed by atoms with Gasteiger partial charge in [-0.1, -0.05) is 17.7 Å². The van der Waals surface area contributed by atoms with Crippen LogP contribution in [0.4, 0.5) is 0 Å². The highest BCUT2D eigenvalue weighted by Crippen LogP contribution is 2.37. The number of hydrogen-bond acceptors (Lipinski definition) is 3. The Bertz CT molecular complexity index is 375. The number of aliphatic hydroxyl groups is 1. The molecule has 1 aromatic rings. The molecule has 2 rings (SSSR count). The second-order valence-corrected chi connectivity index (χ2v) is 4.56. The van der Waals surface area contributed by atoms with Crippen molar-refractivity contribution >= 4 is 11.6 Å². The summed E-state index contributed by atoms with van der Waals surface area (Å²) in [5, 5.41) is 14.4. The zero-order valence-electron chi connectivity index (χ0n) is 9.29. The predicted molar refractivity (Wildman–Crippen MR) is 64.0 cm³/mol. The van der Waals surface area contributed by atoms with Crippen LogP contribution in [0, 0.1) is 0 Å². The zero-order valence-corrected chi connectivity index (χ0v) is 10.0. The molecule has 4 heteroatoms. The molecule has 1 aromatic carbocycles. The third-order valence-corrected chi connectivity index (χ3v) is 3.33. The first-order chi connectivity index (χ1) is 7.65. The molecule has 1 saturated heterocycles. The van der Waals surface area contributed by atoms with E-state index in [0.29, 0.717) is 23.6 Å². The van der Waals surface area contributed by atoms with Crippen molar-refractivity contribution < 1.29 is 9.84 Å². The minimum absolute atomic E-state index is 0.623. The quantitative estimate of drug-likeness (QED) is 0.831. The molecule has 0 aliphatic carbocycles. The number of nitrogens with one attached hydrogen (secondary N) is 1. The Balaban J connectivity index is 2.37. The number of ether oxygens (including phenoxy) is 1. The third kappa shape index (κ3) is 2.17. The summed E-state index contributed by atoms with van der Waals surface area (Å²) in [7, 11) is 1.60. The SMILES string of the molecule is COc1cc(Cl)ccc1C1(O)CCNCC1. The molecule has 1 aliphatic heterocycles. The van der Waals surface area contributed by atoms with Gasteiger partial charge in [-0.2, -0.15) is 0 Å². The van der Waals surface area contributed by atoms with Crippen LogP contribution >= 0.6 is 11.6 Å². The Kier molecular flexibility index (Phi) is 3.38. The van der Waals surface area contributed by atoms with Crippen molar-refractivity contribution in [2.75, 3.05) is 20.2 Å². The van der Waals surface area contributed by atoms with Crippen LogP contribution in [0.1, 0.15) is 18.4 Å². The molecule has 2 N–H and O–H groups in total. The van der Waals surface area contributed by atoms with Gasteiger partial charge in [0.05, 0.1) is 12.7 Å². The van der Waals surface area contributed by atoms with E-state index in [1.807, 2.05) is 6.07 Å². The predicted octanol–water partition coefficient (Wildman–Crippen LogP) is 1.92. The van der Waals surface area contributed by atoms with E-state index in [-0.39, 0.29) is 0 Å². The summed E-state index contributed by atoms with van der Waals surface area (Å²) >= 11 is 5.91. The minimum atomic E-state index is -0.790. The molecule has 3 nitrogen and oxygen atoms in total. The largest absolute Gasteiger partial charge is 0.496 e. The van der Waals surface area contributed by atoms with E-state index in [1.54, 1.807) is 19.2 Å². The Morgan fingerprint density at radius 1 is 1.38 bits per heavy atom. The lowest BCUT2D eigenvalue weighted by Crippen LogP contribution is -2.39. The first kappa shape index (κ1) is 11.7. The van der Waals surface area contributed by atoms with Gasteiger partial charge >= 0.3 is 0 Å². The number of piperidine rings is 1. The van der Waals surface area contributed by atoms with E-state index < -0.39 is 5.60 Å². The Labute approximate surface area is 100 Å². The molecule has 0 spiro atoms. The molecule has 0 atom stereocenters. The van der Waals surface area contributed by atoms with Gasteiger partial charge in [0.15, 0.2) is 0 Å². The smallest absolute Gasteiger partial charge is 0.126 e. The molecule has 0 bridgehead atoms. The van der Waals surface area contributed by atoms with E-state index >= 15 is 0 Å². The Morgan fingerprint density at radius 3 is 2.69 bits per heavy atom. The molecule has 88 valence electrons. The summed E-state index contributed by atoms with van der Waals surface area (Å²) in [6, 6.07) is 5.39. The number of methoxy groups -OCH3 is 1. The van der Waals surface area contributed by atoms with Crippen molar-refractivity contribution in [3.8, 4) is 5.75 Å². The van der Waals surface area contributed by atoms with Gasteiger partial charge in [0.2, 0.25) is 0 Å². The maximum atomic E-state index is 10.6. The lowest BCUT2D eigenvalue weighted by molar-refractivity contribution is 0.00394. The van der Waals surface area contributed by atoms with E-state index in [9.17, 15) is 5.11 Å². The van der Waals surface area contributed by atoms with Gasteiger partial charge in [-0.15, -0.1) is 0 Å². The van der Waals surface area contributed by atoms with Crippen LogP contribution in [0.2, 0.25) is 5.02 Å². The summed E-state index contributed by atoms with van der Waals surface area (Å²) in [5.74, 6) is 0.664. The van der Waals surface area contributed by atoms with E-state index in [2.05, 4.69) is 5.32 Å². The second kappa shape index (κ2) is 4.62. The molecule has 16 heavy (non-hydrogen) atoms. The molecule has 0 unspecified atom stereocenters. The van der Waals surface area contributed by atoms with Crippen LogP contribution in [0.15, 0.2) is 18.2 Å². The van der Waals surface area contributed by atoms with Gasteiger partial charge in [0.1, 0.15) is 5.75 Å². The average molecular weight is 242 g/mol. The van der Waals surface area contributed by atoms with Gasteiger partial charge in [-0.25, -0.2) is 0 Å². The van der Waals surface area contributed by atoms with E-state index in [0.717, 1.165) is 18.7 Å². The van der Waals surface area contributed by atoms with Gasteiger partial charge in [-0.3, -0.25) is 0 Å². The molecule has 0 aromatic heterocycles. The molecule has 0 saturated carbocycles. The van der Waals surface area contributed by atoms with Gasteiger partial charge < -0.3 is 15.2 Å². The lowest BCUT2D eigenvalue weighted by Gasteiger charge is -2.34. The fourth-order valence-corrected chi connectivity index (χ4v) is 2.32. The average Bonchev–Trinajstić information content (AvgIpc) is 2.29. The molecular weight excluding hydrogens is 226 g/mol. The van der Waals surface area contributed by atoms with Crippen LogP contribution < -0.4 is 10.1 Å². The molecule has 1 aliphatic rings. The Morgan fingerprint density at radius 2 is 2.06 bits per heavy atom. The number of hydrogen-bond donors (Lipinski definition) is 2. The summed E-state index contributed by atoms with van der Waals surface area (Å²) < 4.78 is 5.28. The third-order valence-electron chi connectivity index (χ3n) is 3.10. The summed E-state index contributed by atoms with van der Waals surface area (Å²) in [6.45, 7) is 1.64. The monoisotopic (exact) mass is 241 g/mol. The Hall–Kier alpha value is -0.770. The fourth-order valence-electron chi connectivity index (χ4n) is 2.16. The van der Waals surface area contributed by atoms with Crippen LogP contribution in [-0.4, -0.2) is 25.3 Å². The standard InChI is InChI=1S/C12H16ClNO2/c1-16-11-8-9(13)2-3-10(11)12(15)4-6-14-7-5-12/h2-3,8,14-15H,4-7H2,1H3. The van der Waals surface area contributed by atoms with Crippen molar-refractivity contribution in [1.82, 2.24) is 5.32 Å². The van der Waals surface area contributed by atoms with Gasteiger partial charge in [0, 0.05) is 10.6 Å². The number of rotatable bonds is 2. The first-order valence-corrected chi connectivity index (χ1v) is 5.81. The highest BCUT2D eigenvalue weighted by Gasteiger charge is 2.33. The van der Waals surface area contributed by atoms with Crippen molar-refractivity contribution in [3.63, 3.8) is 0 Å². The highest BCUT2D eigenvalue weighted by atomic mass is 35.5. The van der Waals surface area contributed by atoms with Crippen LogP contribution in [0.5, 0.6) is 5.75 Å². The topological polar surface area (TPSA) is 41.5 Å². The van der Waals surface area contributed by atoms with Crippen molar-refractivity contribution in [1.29, 1.82) is 0 Å². The molecule has 0 amide bonds. The molecule has 1 heterocycles. The van der Waals surface area contributed by atoms with Crippen LogP contribution in [-0.2, 0) is 5.60 Å². The van der Waals surface area contributed by atoms with E-state index in [4.69, 9.17) is 16.3 Å². The molecule has 0 radical (unpaired) electrons. The minimum Gasteiger partial charge on any atom is -0.496 e. The van der Waals surface area contributed by atoms with Crippen LogP contribution in [0.25, 0.3) is 0 Å². The summed E-state index contributed by atoms with van der Waals surface area (Å²) in [4.78, 5) is 0. The van der Waals surface area contributed by atoms with Gasteiger partial charge in [-0.05, 0) is 38.1 Å². The second-order valence-electron chi connectivity index (χ2n) is 4.13. The molecule has 1 fully saturated rings. The highest BCUT2D eigenvalue weighted by molar-refractivity contribution is 6.30. The van der Waals surface area contributed by atoms with Crippen molar-refractivity contribution in [2.45, 2.75) is 18.4 Å². The van der Waals surface area contributed by atoms with E-state index in [1.165, 1.54) is 0 Å². The molecular formula is C12H16ClNO2. The number of benzene rings is 1. The first-order valence-electron chi connectivity index (χ1n) is 5.43. The van der Waals surface area contributed by atoms with Crippen molar-refractivity contribution in [3.05, 3.63) is 28.8 Å². The summed E-state index contributed by atoms with van der Waals surface area (Å²) in [6.07, 6.45) is 1.40. The zero-order chi connectivity index (χ0) is 11.6. The maximum absolute atomic E-state index is 10.6. The van der Waals surface area contributed by atoms with Crippen LogP contribution in [0.3, 0.4) is 0 Å². The summed E-state index contributed by atoms with van der Waals surface area (Å²) in [5.41, 5.74) is 0.0437. The van der Waals surface area contributed by atoms with Crippen molar-refractivity contribution in [2.24, 2.45) is 0 Å². The van der Waals surface area contributed by atoms with Gasteiger partial charge in [0.25, 0.3) is 0 Å². The lowest BCUT2D eigenvalue weighted by atomic mass is 9.84. The number of halogens is 1.